The van der Waals surface area contributed by atoms with Crippen molar-refractivity contribution >= 4 is 10.0 Å². The van der Waals surface area contributed by atoms with E-state index in [1.54, 1.807) is 16.7 Å². The first-order valence-corrected chi connectivity index (χ1v) is 11.6. The second-order valence-corrected chi connectivity index (χ2v) is 9.11. The first kappa shape index (κ1) is 22.2. The lowest BCUT2D eigenvalue weighted by Crippen LogP contribution is -2.39. The molecule has 0 aromatic carbocycles. The average Bonchev–Trinajstić information content (AvgIpc) is 2.68. The fourth-order valence-electron chi connectivity index (χ4n) is 3.22. The van der Waals surface area contributed by atoms with Gasteiger partial charge in [-0.15, -0.1) is 0 Å². The van der Waals surface area contributed by atoms with Crippen LogP contribution < -0.4 is 5.73 Å². The van der Waals surface area contributed by atoms with Gasteiger partial charge in [0, 0.05) is 38.6 Å². The standard InChI is InChI=1S/C19H34N4O3S/c20-8-3-1-2-4-16-27(24,25)23(18-19-7-5-9-21-17-19)11-6-10-22-12-14-26-15-13-22/h5,7,9,17H,1-4,6,8,10-16,18,20H2. The van der Waals surface area contributed by atoms with E-state index >= 15 is 0 Å². The van der Waals surface area contributed by atoms with Crippen LogP contribution in [0.25, 0.3) is 0 Å². The Bertz CT molecular complexity index is 607. The zero-order chi connectivity index (χ0) is 19.4. The third-order valence-electron chi connectivity index (χ3n) is 4.82. The van der Waals surface area contributed by atoms with Crippen LogP contribution in [0, 0.1) is 0 Å². The number of hydrogen-bond donors (Lipinski definition) is 1. The summed E-state index contributed by atoms with van der Waals surface area (Å²) in [6.45, 7) is 5.88. The molecular formula is C19H34N4O3S. The first-order valence-electron chi connectivity index (χ1n) is 9.99. The summed E-state index contributed by atoms with van der Waals surface area (Å²) in [7, 11) is -3.28. The third kappa shape index (κ3) is 8.66. The highest BCUT2D eigenvalue weighted by Crippen LogP contribution is 2.13. The van der Waals surface area contributed by atoms with Crippen molar-refractivity contribution in [3.8, 4) is 0 Å². The van der Waals surface area contributed by atoms with Crippen molar-refractivity contribution in [2.75, 3.05) is 51.7 Å². The van der Waals surface area contributed by atoms with E-state index in [2.05, 4.69) is 9.88 Å². The molecule has 1 fully saturated rings. The number of hydrogen-bond acceptors (Lipinski definition) is 6. The highest BCUT2D eigenvalue weighted by Gasteiger charge is 2.22. The van der Waals surface area contributed by atoms with E-state index in [1.807, 2.05) is 12.1 Å². The largest absolute Gasteiger partial charge is 0.379 e. The maximum atomic E-state index is 12.9. The summed E-state index contributed by atoms with van der Waals surface area (Å²) >= 11 is 0. The van der Waals surface area contributed by atoms with Crippen molar-refractivity contribution < 1.29 is 13.2 Å². The predicted molar refractivity (Wildman–Crippen MR) is 108 cm³/mol. The van der Waals surface area contributed by atoms with Gasteiger partial charge in [-0.25, -0.2) is 8.42 Å². The molecule has 8 heteroatoms. The molecule has 1 aliphatic rings. The van der Waals surface area contributed by atoms with Gasteiger partial charge in [-0.05, 0) is 44.0 Å². The van der Waals surface area contributed by atoms with Crippen LogP contribution in [0.1, 0.15) is 37.7 Å². The maximum Gasteiger partial charge on any atom is 0.214 e. The zero-order valence-electron chi connectivity index (χ0n) is 16.3. The molecule has 27 heavy (non-hydrogen) atoms. The Labute approximate surface area is 163 Å². The molecule has 154 valence electrons. The monoisotopic (exact) mass is 398 g/mol. The molecule has 2 heterocycles. The van der Waals surface area contributed by atoms with Gasteiger partial charge in [0.15, 0.2) is 0 Å². The molecule has 1 aromatic rings. The van der Waals surface area contributed by atoms with E-state index in [9.17, 15) is 8.42 Å². The number of rotatable bonds is 13. The molecule has 0 aliphatic carbocycles. The smallest absolute Gasteiger partial charge is 0.214 e. The maximum absolute atomic E-state index is 12.9. The van der Waals surface area contributed by atoms with Crippen LogP contribution in [-0.2, 0) is 21.3 Å². The number of unbranched alkanes of at least 4 members (excludes halogenated alkanes) is 3. The van der Waals surface area contributed by atoms with Gasteiger partial charge >= 0.3 is 0 Å². The SMILES string of the molecule is NCCCCCCS(=O)(=O)N(CCCN1CCOCC1)Cc1cccnc1. The molecule has 1 aromatic heterocycles. The van der Waals surface area contributed by atoms with Gasteiger partial charge in [-0.1, -0.05) is 18.9 Å². The second kappa shape index (κ2) is 12.4. The highest BCUT2D eigenvalue weighted by molar-refractivity contribution is 7.89. The molecule has 0 atom stereocenters. The molecule has 0 bridgehead atoms. The molecule has 2 rings (SSSR count). The molecule has 2 N–H and O–H groups in total. The Morgan fingerprint density at radius 1 is 1.15 bits per heavy atom. The fourth-order valence-corrected chi connectivity index (χ4v) is 4.80. The summed E-state index contributed by atoms with van der Waals surface area (Å²) in [6.07, 6.45) is 7.82. The molecule has 0 amide bonds. The number of pyridine rings is 1. The Morgan fingerprint density at radius 3 is 2.63 bits per heavy atom. The van der Waals surface area contributed by atoms with Crippen LogP contribution in [0.2, 0.25) is 0 Å². The molecular weight excluding hydrogens is 364 g/mol. The Hall–Kier alpha value is -1.06. The summed E-state index contributed by atoms with van der Waals surface area (Å²) < 4.78 is 32.8. The second-order valence-electron chi connectivity index (χ2n) is 7.02. The summed E-state index contributed by atoms with van der Waals surface area (Å²) in [5.74, 6) is 0.204. The summed E-state index contributed by atoms with van der Waals surface area (Å²) in [5.41, 5.74) is 6.43. The Morgan fingerprint density at radius 2 is 1.93 bits per heavy atom. The van der Waals surface area contributed by atoms with Crippen LogP contribution in [-0.4, -0.2) is 74.3 Å². The number of sulfonamides is 1. The lowest BCUT2D eigenvalue weighted by Gasteiger charge is -2.28. The molecule has 0 radical (unpaired) electrons. The van der Waals surface area contributed by atoms with Gasteiger partial charge in [0.2, 0.25) is 10.0 Å². The van der Waals surface area contributed by atoms with Gasteiger partial charge in [-0.3, -0.25) is 9.88 Å². The lowest BCUT2D eigenvalue weighted by atomic mass is 10.2. The van der Waals surface area contributed by atoms with Crippen molar-refractivity contribution in [1.29, 1.82) is 0 Å². The van der Waals surface area contributed by atoms with Gasteiger partial charge in [0.25, 0.3) is 0 Å². The van der Waals surface area contributed by atoms with E-state index in [4.69, 9.17) is 10.5 Å². The van der Waals surface area contributed by atoms with Crippen LogP contribution in [0.15, 0.2) is 24.5 Å². The number of morpholine rings is 1. The molecule has 1 saturated heterocycles. The molecule has 0 unspecified atom stereocenters. The summed E-state index contributed by atoms with van der Waals surface area (Å²) in [6, 6.07) is 3.78. The molecule has 0 spiro atoms. The third-order valence-corrected chi connectivity index (χ3v) is 6.72. The number of nitrogens with two attached hydrogens (primary N) is 1. The minimum atomic E-state index is -3.28. The van der Waals surface area contributed by atoms with E-state index < -0.39 is 10.0 Å². The fraction of sp³-hybridized carbons (Fsp3) is 0.737. The number of aromatic nitrogens is 1. The van der Waals surface area contributed by atoms with Crippen molar-refractivity contribution in [3.63, 3.8) is 0 Å². The minimum absolute atomic E-state index is 0.204. The van der Waals surface area contributed by atoms with Gasteiger partial charge in [0.05, 0.1) is 19.0 Å². The zero-order valence-corrected chi connectivity index (χ0v) is 17.1. The van der Waals surface area contributed by atoms with Gasteiger partial charge in [0.1, 0.15) is 0 Å². The Kier molecular flexibility index (Phi) is 10.2. The summed E-state index contributed by atoms with van der Waals surface area (Å²) in [5, 5.41) is 0. The first-order chi connectivity index (χ1) is 13.1. The van der Waals surface area contributed by atoms with E-state index in [0.29, 0.717) is 26.1 Å². The van der Waals surface area contributed by atoms with Crippen LogP contribution in [0.3, 0.4) is 0 Å². The summed E-state index contributed by atoms with van der Waals surface area (Å²) in [4.78, 5) is 6.45. The van der Waals surface area contributed by atoms with Crippen LogP contribution in [0.4, 0.5) is 0 Å². The van der Waals surface area contributed by atoms with E-state index in [-0.39, 0.29) is 5.75 Å². The van der Waals surface area contributed by atoms with Gasteiger partial charge < -0.3 is 10.5 Å². The lowest BCUT2D eigenvalue weighted by molar-refractivity contribution is 0.0368. The molecule has 1 aliphatic heterocycles. The van der Waals surface area contributed by atoms with Crippen molar-refractivity contribution in [3.05, 3.63) is 30.1 Å². The van der Waals surface area contributed by atoms with Crippen LogP contribution >= 0.6 is 0 Å². The van der Waals surface area contributed by atoms with Crippen molar-refractivity contribution in [1.82, 2.24) is 14.2 Å². The quantitative estimate of drug-likeness (QED) is 0.506. The van der Waals surface area contributed by atoms with Crippen molar-refractivity contribution in [2.24, 2.45) is 5.73 Å². The van der Waals surface area contributed by atoms with E-state index in [0.717, 1.165) is 64.1 Å². The normalized spacial score (nSPS) is 16.1. The van der Waals surface area contributed by atoms with Gasteiger partial charge in [-0.2, -0.15) is 4.31 Å². The Balaban J connectivity index is 1.89. The number of ether oxygens (including phenoxy) is 1. The van der Waals surface area contributed by atoms with Crippen LogP contribution in [0.5, 0.6) is 0 Å². The topological polar surface area (TPSA) is 88.8 Å². The number of nitrogens with zero attached hydrogens (tertiary/aromatic N) is 3. The highest BCUT2D eigenvalue weighted by atomic mass is 32.2. The average molecular weight is 399 g/mol. The van der Waals surface area contributed by atoms with Crippen molar-refractivity contribution in [2.45, 2.75) is 38.6 Å². The molecule has 7 nitrogen and oxygen atoms in total. The minimum Gasteiger partial charge on any atom is -0.379 e. The molecule has 0 saturated carbocycles. The van der Waals surface area contributed by atoms with E-state index in [1.165, 1.54) is 0 Å². The predicted octanol–water partition coefficient (Wildman–Crippen LogP) is 1.45.